The average molecular weight is 439 g/mol. The minimum atomic E-state index is -0.949. The lowest BCUT2D eigenvalue weighted by molar-refractivity contribution is -0.123. The number of ether oxygens (including phenoxy) is 2. The van der Waals surface area contributed by atoms with Crippen LogP contribution in [0.3, 0.4) is 0 Å². The fourth-order valence-electron chi connectivity index (χ4n) is 3.23. The van der Waals surface area contributed by atoms with Gasteiger partial charge in [0, 0.05) is 11.1 Å². The summed E-state index contributed by atoms with van der Waals surface area (Å²) in [6, 6.07) is 10.7. The van der Waals surface area contributed by atoms with Crippen LogP contribution in [-0.4, -0.2) is 23.0 Å². The molecule has 3 aromatic rings. The van der Waals surface area contributed by atoms with Gasteiger partial charge in [-0.2, -0.15) is 0 Å². The van der Waals surface area contributed by atoms with Crippen LogP contribution in [0.15, 0.2) is 41.8 Å². The van der Waals surface area contributed by atoms with E-state index < -0.39 is 12.1 Å². The van der Waals surface area contributed by atoms with Crippen molar-refractivity contribution < 1.29 is 19.1 Å². The summed E-state index contributed by atoms with van der Waals surface area (Å²) in [6.45, 7) is 9.68. The number of carbonyl (C=O) groups is 2. The average Bonchev–Trinajstić information content (AvgIpc) is 3.14. The van der Waals surface area contributed by atoms with Gasteiger partial charge in [-0.05, 0) is 63.9 Å². The van der Waals surface area contributed by atoms with Gasteiger partial charge in [-0.15, -0.1) is 11.3 Å². The maximum atomic E-state index is 12.6. The number of hydrogen-bond acceptors (Lipinski definition) is 6. The highest BCUT2D eigenvalue weighted by molar-refractivity contribution is 7.09. The molecule has 1 amide bonds. The fourth-order valence-corrected chi connectivity index (χ4v) is 3.83. The van der Waals surface area contributed by atoms with Gasteiger partial charge < -0.3 is 14.8 Å². The molecule has 0 saturated carbocycles. The molecule has 162 valence electrons. The summed E-state index contributed by atoms with van der Waals surface area (Å²) in [5.41, 5.74) is 4.94. The van der Waals surface area contributed by atoms with E-state index >= 15 is 0 Å². The highest BCUT2D eigenvalue weighted by Crippen LogP contribution is 2.23. The number of benzene rings is 2. The van der Waals surface area contributed by atoms with Crippen LogP contribution in [-0.2, 0) is 16.1 Å². The van der Waals surface area contributed by atoms with E-state index in [4.69, 9.17) is 9.47 Å². The lowest BCUT2D eigenvalue weighted by Gasteiger charge is -2.17. The molecular formula is C24H26N2O4S. The van der Waals surface area contributed by atoms with Crippen LogP contribution in [0, 0.1) is 27.7 Å². The molecule has 1 heterocycles. The molecule has 0 fully saturated rings. The zero-order valence-electron chi connectivity index (χ0n) is 18.3. The molecule has 0 bridgehead atoms. The molecule has 3 rings (SSSR count). The zero-order chi connectivity index (χ0) is 22.5. The molecule has 31 heavy (non-hydrogen) atoms. The Kier molecular flexibility index (Phi) is 7.07. The largest absolute Gasteiger partial charge is 0.487 e. The standard InChI is InChI=1S/C24H26N2O4S/c1-14-9-15(2)22(16(3)10-14)26-23(27)17(4)30-24(28)19-7-6-8-21(11-19)29-12-20-13-31-18(5)25-20/h6-11,13,17H,12H2,1-5H3,(H,26,27). The fraction of sp³-hybridized carbons (Fsp3) is 0.292. The van der Waals surface area contributed by atoms with Crippen molar-refractivity contribution in [2.24, 2.45) is 0 Å². The Morgan fingerprint density at radius 1 is 1.10 bits per heavy atom. The molecule has 1 unspecified atom stereocenters. The number of nitrogens with zero attached hydrogens (tertiary/aromatic N) is 1. The first-order valence-electron chi connectivity index (χ1n) is 9.96. The SMILES string of the molecule is Cc1cc(C)c(NC(=O)C(C)OC(=O)c2cccc(OCc3csc(C)n3)c2)c(C)c1. The Labute approximate surface area is 186 Å². The van der Waals surface area contributed by atoms with E-state index in [0.717, 1.165) is 33.1 Å². The first-order valence-corrected chi connectivity index (χ1v) is 10.8. The molecule has 0 radical (unpaired) electrons. The third-order valence-electron chi connectivity index (χ3n) is 4.70. The van der Waals surface area contributed by atoms with Gasteiger partial charge in [-0.3, -0.25) is 4.79 Å². The Morgan fingerprint density at radius 3 is 2.45 bits per heavy atom. The lowest BCUT2D eigenvalue weighted by atomic mass is 10.0. The molecule has 1 atom stereocenters. The molecule has 0 aliphatic carbocycles. The lowest BCUT2D eigenvalue weighted by Crippen LogP contribution is -2.30. The second-order valence-corrected chi connectivity index (χ2v) is 8.55. The van der Waals surface area contributed by atoms with Crippen LogP contribution in [0.5, 0.6) is 5.75 Å². The minimum absolute atomic E-state index is 0.314. The second kappa shape index (κ2) is 9.75. The summed E-state index contributed by atoms with van der Waals surface area (Å²) < 4.78 is 11.1. The number of rotatable bonds is 7. The van der Waals surface area contributed by atoms with Crippen LogP contribution < -0.4 is 10.1 Å². The number of hydrogen-bond donors (Lipinski definition) is 1. The maximum absolute atomic E-state index is 12.6. The Bertz CT molecular complexity index is 1080. The monoisotopic (exact) mass is 438 g/mol. The second-order valence-electron chi connectivity index (χ2n) is 7.48. The first kappa shape index (κ1) is 22.5. The number of anilines is 1. The van der Waals surface area contributed by atoms with Gasteiger partial charge in [-0.1, -0.05) is 23.8 Å². The van der Waals surface area contributed by atoms with Gasteiger partial charge in [-0.25, -0.2) is 9.78 Å². The number of thiazole rings is 1. The zero-order valence-corrected chi connectivity index (χ0v) is 19.1. The van der Waals surface area contributed by atoms with Crippen molar-refractivity contribution in [1.82, 2.24) is 4.98 Å². The summed E-state index contributed by atoms with van der Waals surface area (Å²) in [5.74, 6) is -0.437. The number of esters is 1. The van der Waals surface area contributed by atoms with E-state index in [1.807, 2.05) is 45.2 Å². The third-order valence-corrected chi connectivity index (χ3v) is 5.52. The van der Waals surface area contributed by atoms with Gasteiger partial charge in [0.15, 0.2) is 6.10 Å². The number of carbonyl (C=O) groups excluding carboxylic acids is 2. The van der Waals surface area contributed by atoms with E-state index in [0.29, 0.717) is 17.9 Å². The van der Waals surface area contributed by atoms with Gasteiger partial charge >= 0.3 is 5.97 Å². The Morgan fingerprint density at radius 2 is 1.81 bits per heavy atom. The quantitative estimate of drug-likeness (QED) is 0.517. The molecule has 6 nitrogen and oxygen atoms in total. The summed E-state index contributed by atoms with van der Waals surface area (Å²) >= 11 is 1.56. The number of amides is 1. The van der Waals surface area contributed by atoms with Crippen molar-refractivity contribution in [1.29, 1.82) is 0 Å². The van der Waals surface area contributed by atoms with Crippen molar-refractivity contribution >= 4 is 28.9 Å². The van der Waals surface area contributed by atoms with Crippen molar-refractivity contribution in [2.45, 2.75) is 47.3 Å². The Balaban J connectivity index is 1.61. The van der Waals surface area contributed by atoms with Gasteiger partial charge in [0.2, 0.25) is 0 Å². The van der Waals surface area contributed by atoms with Crippen LogP contribution in [0.1, 0.15) is 44.7 Å². The number of aryl methyl sites for hydroxylation is 4. The van der Waals surface area contributed by atoms with E-state index in [9.17, 15) is 9.59 Å². The van der Waals surface area contributed by atoms with Gasteiger partial charge in [0.05, 0.1) is 16.3 Å². The van der Waals surface area contributed by atoms with E-state index in [2.05, 4.69) is 10.3 Å². The molecule has 0 spiro atoms. The molecular weight excluding hydrogens is 412 g/mol. The van der Waals surface area contributed by atoms with E-state index in [1.165, 1.54) is 0 Å². The summed E-state index contributed by atoms with van der Waals surface area (Å²) in [6.07, 6.45) is -0.949. The van der Waals surface area contributed by atoms with Crippen LogP contribution in [0.25, 0.3) is 0 Å². The highest BCUT2D eigenvalue weighted by atomic mass is 32.1. The van der Waals surface area contributed by atoms with Crippen molar-refractivity contribution in [2.75, 3.05) is 5.32 Å². The summed E-state index contributed by atoms with van der Waals surface area (Å²) in [5, 5.41) is 5.77. The third kappa shape index (κ3) is 5.92. The summed E-state index contributed by atoms with van der Waals surface area (Å²) in [7, 11) is 0. The molecule has 7 heteroatoms. The topological polar surface area (TPSA) is 77.5 Å². The number of nitrogens with one attached hydrogen (secondary N) is 1. The smallest absolute Gasteiger partial charge is 0.339 e. The Hall–Kier alpha value is -3.19. The minimum Gasteiger partial charge on any atom is -0.487 e. The predicted molar refractivity (Wildman–Crippen MR) is 122 cm³/mol. The van der Waals surface area contributed by atoms with Gasteiger partial charge in [0.1, 0.15) is 12.4 Å². The van der Waals surface area contributed by atoms with Crippen molar-refractivity contribution in [3.8, 4) is 5.75 Å². The number of aromatic nitrogens is 1. The van der Waals surface area contributed by atoms with Crippen molar-refractivity contribution in [3.05, 3.63) is 74.7 Å². The normalized spacial score (nSPS) is 11.6. The molecule has 0 saturated heterocycles. The maximum Gasteiger partial charge on any atom is 0.339 e. The molecule has 1 N–H and O–H groups in total. The van der Waals surface area contributed by atoms with Gasteiger partial charge in [0.25, 0.3) is 5.91 Å². The van der Waals surface area contributed by atoms with Crippen molar-refractivity contribution in [3.63, 3.8) is 0 Å². The van der Waals surface area contributed by atoms with Crippen LogP contribution in [0.2, 0.25) is 0 Å². The van der Waals surface area contributed by atoms with Crippen LogP contribution >= 0.6 is 11.3 Å². The molecule has 2 aromatic carbocycles. The molecule has 0 aliphatic heterocycles. The summed E-state index contributed by atoms with van der Waals surface area (Å²) in [4.78, 5) is 29.5. The first-order chi connectivity index (χ1) is 14.7. The molecule has 0 aliphatic rings. The molecule has 1 aromatic heterocycles. The van der Waals surface area contributed by atoms with E-state index in [1.54, 1.807) is 42.5 Å². The van der Waals surface area contributed by atoms with Crippen LogP contribution in [0.4, 0.5) is 5.69 Å². The van der Waals surface area contributed by atoms with E-state index in [-0.39, 0.29) is 5.91 Å². The highest BCUT2D eigenvalue weighted by Gasteiger charge is 2.20. The predicted octanol–water partition coefficient (Wildman–Crippen LogP) is 5.14.